The standard InChI is InChI=1S/C18H17F3N2O/c1-17(2,3)14-7-4-12(5-8-14)11-24-16-13(10-22)6-9-15(23-16)18(19,20)21/h4-9H,11H2,1-3H3. The summed E-state index contributed by atoms with van der Waals surface area (Å²) in [6.45, 7) is 6.30. The van der Waals surface area contributed by atoms with Crippen LogP contribution in [0.2, 0.25) is 0 Å². The third kappa shape index (κ3) is 4.25. The van der Waals surface area contributed by atoms with Gasteiger partial charge in [0.25, 0.3) is 0 Å². The number of hydrogen-bond donors (Lipinski definition) is 0. The Balaban J connectivity index is 2.18. The zero-order chi connectivity index (χ0) is 18.0. The van der Waals surface area contributed by atoms with Crippen molar-refractivity contribution in [1.82, 2.24) is 4.98 Å². The second-order valence-electron chi connectivity index (χ2n) is 6.39. The van der Waals surface area contributed by atoms with E-state index >= 15 is 0 Å². The van der Waals surface area contributed by atoms with Gasteiger partial charge in [-0.1, -0.05) is 45.0 Å². The molecule has 1 aromatic carbocycles. The van der Waals surface area contributed by atoms with Crippen LogP contribution < -0.4 is 4.74 Å². The predicted molar refractivity (Wildman–Crippen MR) is 83.4 cm³/mol. The normalized spacial score (nSPS) is 11.9. The van der Waals surface area contributed by atoms with Crippen molar-refractivity contribution >= 4 is 0 Å². The summed E-state index contributed by atoms with van der Waals surface area (Å²) < 4.78 is 43.5. The molecule has 0 aliphatic rings. The van der Waals surface area contributed by atoms with Gasteiger partial charge >= 0.3 is 6.18 Å². The van der Waals surface area contributed by atoms with Crippen LogP contribution in [0.15, 0.2) is 36.4 Å². The average Bonchev–Trinajstić information content (AvgIpc) is 2.51. The SMILES string of the molecule is CC(C)(C)c1ccc(COc2nc(C(F)(F)F)ccc2C#N)cc1. The van der Waals surface area contributed by atoms with E-state index in [-0.39, 0.29) is 23.5 Å². The molecule has 126 valence electrons. The first-order chi connectivity index (χ1) is 11.1. The van der Waals surface area contributed by atoms with E-state index in [9.17, 15) is 13.2 Å². The number of halogens is 3. The summed E-state index contributed by atoms with van der Waals surface area (Å²) in [6.07, 6.45) is -4.58. The van der Waals surface area contributed by atoms with Gasteiger partial charge in [-0.05, 0) is 28.7 Å². The lowest BCUT2D eigenvalue weighted by atomic mass is 9.87. The Morgan fingerprint density at radius 3 is 2.17 bits per heavy atom. The second kappa shape index (κ2) is 6.52. The van der Waals surface area contributed by atoms with Crippen LogP contribution in [0, 0.1) is 11.3 Å². The molecule has 0 bridgehead atoms. The number of alkyl halides is 3. The highest BCUT2D eigenvalue weighted by Gasteiger charge is 2.33. The maximum atomic E-state index is 12.7. The predicted octanol–water partition coefficient (Wildman–Crippen LogP) is 4.85. The fourth-order valence-corrected chi connectivity index (χ4v) is 2.05. The molecule has 0 aliphatic carbocycles. The first-order valence-electron chi connectivity index (χ1n) is 7.32. The first kappa shape index (κ1) is 17.8. The molecule has 1 aromatic heterocycles. The third-order valence-electron chi connectivity index (χ3n) is 3.47. The van der Waals surface area contributed by atoms with E-state index in [2.05, 4.69) is 25.8 Å². The number of pyridine rings is 1. The van der Waals surface area contributed by atoms with Crippen molar-refractivity contribution in [3.63, 3.8) is 0 Å². The zero-order valence-electron chi connectivity index (χ0n) is 13.6. The Kier molecular flexibility index (Phi) is 4.83. The van der Waals surface area contributed by atoms with Crippen LogP contribution in [0.1, 0.15) is 43.2 Å². The van der Waals surface area contributed by atoms with Gasteiger partial charge in [-0.15, -0.1) is 0 Å². The highest BCUT2D eigenvalue weighted by molar-refractivity contribution is 5.39. The maximum Gasteiger partial charge on any atom is 0.433 e. The molecule has 0 fully saturated rings. The van der Waals surface area contributed by atoms with Crippen molar-refractivity contribution < 1.29 is 17.9 Å². The fraction of sp³-hybridized carbons (Fsp3) is 0.333. The van der Waals surface area contributed by atoms with Gasteiger partial charge in [-0.25, -0.2) is 4.98 Å². The minimum absolute atomic E-state index is 0.00988. The molecule has 0 spiro atoms. The van der Waals surface area contributed by atoms with E-state index in [4.69, 9.17) is 10.00 Å². The molecular formula is C18H17F3N2O. The van der Waals surface area contributed by atoms with Crippen molar-refractivity contribution in [3.8, 4) is 11.9 Å². The summed E-state index contributed by atoms with van der Waals surface area (Å²) in [5.74, 6) is -0.313. The molecule has 0 saturated carbocycles. The lowest BCUT2D eigenvalue weighted by molar-refractivity contribution is -0.141. The summed E-state index contributed by atoms with van der Waals surface area (Å²) in [5, 5.41) is 8.98. The van der Waals surface area contributed by atoms with Crippen LogP contribution in [0.25, 0.3) is 0 Å². The van der Waals surface area contributed by atoms with Crippen molar-refractivity contribution in [3.05, 3.63) is 58.8 Å². The van der Waals surface area contributed by atoms with E-state index in [0.29, 0.717) is 0 Å². The van der Waals surface area contributed by atoms with E-state index in [0.717, 1.165) is 23.3 Å². The van der Waals surface area contributed by atoms with Crippen molar-refractivity contribution in [1.29, 1.82) is 5.26 Å². The number of hydrogen-bond acceptors (Lipinski definition) is 3. The first-order valence-corrected chi connectivity index (χ1v) is 7.32. The number of rotatable bonds is 3. The summed E-state index contributed by atoms with van der Waals surface area (Å²) in [4.78, 5) is 3.42. The highest BCUT2D eigenvalue weighted by atomic mass is 19.4. The summed E-state index contributed by atoms with van der Waals surface area (Å²) in [7, 11) is 0. The molecule has 3 nitrogen and oxygen atoms in total. The van der Waals surface area contributed by atoms with Gasteiger partial charge in [0.1, 0.15) is 23.9 Å². The maximum absolute atomic E-state index is 12.7. The number of ether oxygens (including phenoxy) is 1. The Bertz CT molecular complexity index is 754. The van der Waals surface area contributed by atoms with Crippen LogP contribution in [-0.2, 0) is 18.2 Å². The smallest absolute Gasteiger partial charge is 0.433 e. The van der Waals surface area contributed by atoms with Crippen LogP contribution in [0.5, 0.6) is 5.88 Å². The molecule has 0 N–H and O–H groups in total. The number of aromatic nitrogens is 1. The summed E-state index contributed by atoms with van der Waals surface area (Å²) in [6, 6.07) is 11.2. The Morgan fingerprint density at radius 1 is 1.04 bits per heavy atom. The molecule has 0 amide bonds. The minimum Gasteiger partial charge on any atom is -0.472 e. The van der Waals surface area contributed by atoms with Gasteiger partial charge < -0.3 is 4.74 Å². The van der Waals surface area contributed by atoms with Crippen molar-refractivity contribution in [2.24, 2.45) is 0 Å². The largest absolute Gasteiger partial charge is 0.472 e. The van der Waals surface area contributed by atoms with Crippen molar-refractivity contribution in [2.75, 3.05) is 0 Å². The topological polar surface area (TPSA) is 45.9 Å². The molecule has 0 unspecified atom stereocenters. The average molecular weight is 334 g/mol. The highest BCUT2D eigenvalue weighted by Crippen LogP contribution is 2.30. The second-order valence-corrected chi connectivity index (χ2v) is 6.39. The Hall–Kier alpha value is -2.55. The summed E-state index contributed by atoms with van der Waals surface area (Å²) in [5.41, 5.74) is 0.817. The van der Waals surface area contributed by atoms with Gasteiger partial charge in [-0.2, -0.15) is 18.4 Å². The van der Waals surface area contributed by atoms with E-state index in [1.165, 1.54) is 0 Å². The Labute approximate surface area is 138 Å². The van der Waals surface area contributed by atoms with Gasteiger partial charge in [0, 0.05) is 0 Å². The lowest BCUT2D eigenvalue weighted by Crippen LogP contribution is -2.11. The molecule has 0 radical (unpaired) electrons. The molecule has 0 saturated heterocycles. The zero-order valence-corrected chi connectivity index (χ0v) is 13.6. The number of nitrogens with zero attached hydrogens (tertiary/aromatic N) is 2. The molecule has 0 aliphatic heterocycles. The van der Waals surface area contributed by atoms with Crippen molar-refractivity contribution in [2.45, 2.75) is 39.0 Å². The van der Waals surface area contributed by atoms with Crippen LogP contribution in [0.3, 0.4) is 0 Å². The van der Waals surface area contributed by atoms with Gasteiger partial charge in [0.2, 0.25) is 5.88 Å². The molecule has 1 heterocycles. The van der Waals surface area contributed by atoms with E-state index < -0.39 is 11.9 Å². The van der Waals surface area contributed by atoms with Gasteiger partial charge in [0.15, 0.2) is 0 Å². The van der Waals surface area contributed by atoms with Crippen LogP contribution >= 0.6 is 0 Å². The Morgan fingerprint density at radius 2 is 1.67 bits per heavy atom. The molecule has 2 aromatic rings. The molecule has 2 rings (SSSR count). The number of benzene rings is 1. The molecule has 6 heteroatoms. The van der Waals surface area contributed by atoms with Gasteiger partial charge in [0.05, 0.1) is 0 Å². The molecular weight excluding hydrogens is 317 g/mol. The quantitative estimate of drug-likeness (QED) is 0.806. The third-order valence-corrected chi connectivity index (χ3v) is 3.47. The summed E-state index contributed by atoms with van der Waals surface area (Å²) >= 11 is 0. The van der Waals surface area contributed by atoms with Gasteiger partial charge in [-0.3, -0.25) is 0 Å². The monoisotopic (exact) mass is 334 g/mol. The molecule has 0 atom stereocenters. The molecule has 24 heavy (non-hydrogen) atoms. The fourth-order valence-electron chi connectivity index (χ4n) is 2.05. The lowest BCUT2D eigenvalue weighted by Gasteiger charge is -2.19. The van der Waals surface area contributed by atoms with E-state index in [1.807, 2.05) is 24.3 Å². The minimum atomic E-state index is -4.58. The van der Waals surface area contributed by atoms with Crippen LogP contribution in [-0.4, -0.2) is 4.98 Å². The van der Waals surface area contributed by atoms with E-state index in [1.54, 1.807) is 6.07 Å². The van der Waals surface area contributed by atoms with Crippen LogP contribution in [0.4, 0.5) is 13.2 Å². The number of nitriles is 1.